The Balaban J connectivity index is 1.64. The van der Waals surface area contributed by atoms with E-state index in [0.29, 0.717) is 11.4 Å². The Hall–Kier alpha value is -3.06. The first-order chi connectivity index (χ1) is 11.6. The van der Waals surface area contributed by atoms with Gasteiger partial charge in [0.15, 0.2) is 0 Å². The van der Waals surface area contributed by atoms with Gasteiger partial charge in [0.05, 0.1) is 29.9 Å². The Kier molecular flexibility index (Phi) is 4.62. The Morgan fingerprint density at radius 2 is 2.12 bits per heavy atom. The Bertz CT molecular complexity index is 811. The first-order valence-electron chi connectivity index (χ1n) is 7.51. The predicted octanol–water partition coefficient (Wildman–Crippen LogP) is 2.63. The molecule has 0 spiro atoms. The molecule has 2 heterocycles. The third-order valence-electron chi connectivity index (χ3n) is 3.45. The van der Waals surface area contributed by atoms with E-state index in [1.807, 2.05) is 37.4 Å². The standard InChI is InChI=1S/C17H18N4O3/c1-12-8-9-21(20-12)14-6-3-2-5-13(14)19-17(23)18-11-15(22)16-7-4-10-24-16/h2-10,15,22H,11H2,1H3,(H2,18,19,23). The van der Waals surface area contributed by atoms with Gasteiger partial charge in [-0.2, -0.15) is 5.10 Å². The van der Waals surface area contributed by atoms with Gasteiger partial charge in [-0.15, -0.1) is 0 Å². The largest absolute Gasteiger partial charge is 0.467 e. The van der Waals surface area contributed by atoms with Crippen molar-refractivity contribution in [2.75, 3.05) is 11.9 Å². The maximum absolute atomic E-state index is 12.1. The van der Waals surface area contributed by atoms with E-state index in [1.165, 1.54) is 6.26 Å². The molecular formula is C17H18N4O3. The van der Waals surface area contributed by atoms with E-state index in [1.54, 1.807) is 22.9 Å². The van der Waals surface area contributed by atoms with E-state index in [-0.39, 0.29) is 6.54 Å². The van der Waals surface area contributed by atoms with E-state index in [4.69, 9.17) is 4.42 Å². The van der Waals surface area contributed by atoms with Crippen molar-refractivity contribution in [2.45, 2.75) is 13.0 Å². The minimum Gasteiger partial charge on any atom is -0.467 e. The van der Waals surface area contributed by atoms with Gasteiger partial charge in [-0.1, -0.05) is 12.1 Å². The lowest BCUT2D eigenvalue weighted by Crippen LogP contribution is -2.32. The third kappa shape index (κ3) is 3.64. The molecule has 0 aliphatic rings. The summed E-state index contributed by atoms with van der Waals surface area (Å²) in [5, 5.41) is 19.6. The fraction of sp³-hybridized carbons (Fsp3) is 0.176. The number of anilines is 1. The number of aliphatic hydroxyl groups is 1. The van der Waals surface area contributed by atoms with Crippen molar-refractivity contribution in [1.29, 1.82) is 0 Å². The minimum atomic E-state index is -0.894. The topological polar surface area (TPSA) is 92.3 Å². The van der Waals surface area contributed by atoms with Crippen LogP contribution in [-0.4, -0.2) is 27.5 Å². The average molecular weight is 326 g/mol. The van der Waals surface area contributed by atoms with Gasteiger partial charge in [0, 0.05) is 6.20 Å². The van der Waals surface area contributed by atoms with Crippen LogP contribution in [0.3, 0.4) is 0 Å². The molecule has 24 heavy (non-hydrogen) atoms. The number of amides is 2. The van der Waals surface area contributed by atoms with Gasteiger partial charge in [-0.25, -0.2) is 9.48 Å². The summed E-state index contributed by atoms with van der Waals surface area (Å²) in [5.41, 5.74) is 2.26. The molecule has 0 saturated heterocycles. The second-order valence-electron chi connectivity index (χ2n) is 5.29. The van der Waals surface area contributed by atoms with Crippen LogP contribution >= 0.6 is 0 Å². The highest BCUT2D eigenvalue weighted by Gasteiger charge is 2.13. The second-order valence-corrected chi connectivity index (χ2v) is 5.29. The summed E-state index contributed by atoms with van der Waals surface area (Å²) in [6.07, 6.45) is 2.41. The molecule has 1 aromatic carbocycles. The van der Waals surface area contributed by atoms with Gasteiger partial charge in [0.25, 0.3) is 0 Å². The molecule has 0 fully saturated rings. The molecule has 7 heteroatoms. The summed E-state index contributed by atoms with van der Waals surface area (Å²) >= 11 is 0. The first-order valence-corrected chi connectivity index (χ1v) is 7.51. The monoisotopic (exact) mass is 326 g/mol. The summed E-state index contributed by atoms with van der Waals surface area (Å²) in [6.45, 7) is 1.94. The number of aliphatic hydroxyl groups excluding tert-OH is 1. The fourth-order valence-electron chi connectivity index (χ4n) is 2.27. The molecular weight excluding hydrogens is 308 g/mol. The minimum absolute atomic E-state index is 0.0440. The highest BCUT2D eigenvalue weighted by Crippen LogP contribution is 2.19. The van der Waals surface area contributed by atoms with Crippen LogP contribution in [0.2, 0.25) is 0 Å². The molecule has 2 amide bonds. The highest BCUT2D eigenvalue weighted by atomic mass is 16.4. The number of furan rings is 1. The van der Waals surface area contributed by atoms with Crippen LogP contribution in [0.15, 0.2) is 59.3 Å². The second kappa shape index (κ2) is 7.01. The van der Waals surface area contributed by atoms with Crippen molar-refractivity contribution in [3.8, 4) is 5.69 Å². The Morgan fingerprint density at radius 1 is 1.29 bits per heavy atom. The number of aryl methyl sites for hydroxylation is 1. The number of nitrogens with zero attached hydrogens (tertiary/aromatic N) is 2. The maximum Gasteiger partial charge on any atom is 0.319 e. The molecule has 0 aliphatic heterocycles. The number of benzene rings is 1. The summed E-state index contributed by atoms with van der Waals surface area (Å²) in [4.78, 5) is 12.1. The Labute approximate surface area is 138 Å². The fourth-order valence-corrected chi connectivity index (χ4v) is 2.27. The molecule has 7 nitrogen and oxygen atoms in total. The summed E-state index contributed by atoms with van der Waals surface area (Å²) in [7, 11) is 0. The van der Waals surface area contributed by atoms with Crippen LogP contribution in [-0.2, 0) is 0 Å². The SMILES string of the molecule is Cc1ccn(-c2ccccc2NC(=O)NCC(O)c2ccco2)n1. The lowest BCUT2D eigenvalue weighted by atomic mass is 10.2. The van der Waals surface area contributed by atoms with Crippen LogP contribution < -0.4 is 10.6 Å². The molecule has 0 radical (unpaired) electrons. The lowest BCUT2D eigenvalue weighted by Gasteiger charge is -2.13. The number of aromatic nitrogens is 2. The highest BCUT2D eigenvalue weighted by molar-refractivity contribution is 5.91. The molecule has 2 aromatic heterocycles. The molecule has 0 aliphatic carbocycles. The number of carbonyl (C=O) groups is 1. The van der Waals surface area contributed by atoms with Crippen molar-refractivity contribution < 1.29 is 14.3 Å². The van der Waals surface area contributed by atoms with E-state index in [0.717, 1.165) is 11.4 Å². The quantitative estimate of drug-likeness (QED) is 0.672. The molecule has 1 unspecified atom stereocenters. The van der Waals surface area contributed by atoms with E-state index in [9.17, 15) is 9.90 Å². The van der Waals surface area contributed by atoms with Crippen molar-refractivity contribution in [2.24, 2.45) is 0 Å². The van der Waals surface area contributed by atoms with Crippen molar-refractivity contribution in [3.05, 3.63) is 66.4 Å². The smallest absolute Gasteiger partial charge is 0.319 e. The number of carbonyl (C=O) groups excluding carboxylic acids is 1. The van der Waals surface area contributed by atoms with Crippen LogP contribution in [0.25, 0.3) is 5.69 Å². The van der Waals surface area contributed by atoms with Gasteiger partial charge >= 0.3 is 6.03 Å². The zero-order valence-corrected chi connectivity index (χ0v) is 13.1. The summed E-state index contributed by atoms with van der Waals surface area (Å²) in [6, 6.07) is 12.1. The van der Waals surface area contributed by atoms with Gasteiger partial charge in [0.2, 0.25) is 0 Å². The van der Waals surface area contributed by atoms with Gasteiger partial charge in [0.1, 0.15) is 11.9 Å². The number of hydrogen-bond donors (Lipinski definition) is 3. The van der Waals surface area contributed by atoms with E-state index in [2.05, 4.69) is 15.7 Å². The van der Waals surface area contributed by atoms with E-state index < -0.39 is 12.1 Å². The molecule has 1 atom stereocenters. The summed E-state index contributed by atoms with van der Waals surface area (Å²) < 4.78 is 6.79. The van der Waals surface area contributed by atoms with Crippen molar-refractivity contribution >= 4 is 11.7 Å². The van der Waals surface area contributed by atoms with Gasteiger partial charge < -0.3 is 20.2 Å². The molecule has 3 N–H and O–H groups in total. The zero-order chi connectivity index (χ0) is 16.9. The van der Waals surface area contributed by atoms with Gasteiger partial charge in [-0.05, 0) is 37.3 Å². The predicted molar refractivity (Wildman–Crippen MR) is 89.0 cm³/mol. The van der Waals surface area contributed by atoms with Crippen LogP contribution in [0.5, 0.6) is 0 Å². The lowest BCUT2D eigenvalue weighted by molar-refractivity contribution is 0.149. The number of para-hydroxylation sites is 2. The van der Waals surface area contributed by atoms with Gasteiger partial charge in [-0.3, -0.25) is 0 Å². The molecule has 124 valence electrons. The van der Waals surface area contributed by atoms with Crippen molar-refractivity contribution in [3.63, 3.8) is 0 Å². The van der Waals surface area contributed by atoms with Crippen LogP contribution in [0.1, 0.15) is 17.6 Å². The normalized spacial score (nSPS) is 11.9. The third-order valence-corrected chi connectivity index (χ3v) is 3.45. The van der Waals surface area contributed by atoms with Crippen LogP contribution in [0.4, 0.5) is 10.5 Å². The average Bonchev–Trinajstić information content (AvgIpc) is 3.25. The molecule has 0 saturated carbocycles. The van der Waals surface area contributed by atoms with E-state index >= 15 is 0 Å². The molecule has 3 aromatic rings. The Morgan fingerprint density at radius 3 is 2.83 bits per heavy atom. The number of rotatable bonds is 5. The number of urea groups is 1. The molecule has 3 rings (SSSR count). The maximum atomic E-state index is 12.1. The van der Waals surface area contributed by atoms with Crippen LogP contribution in [0, 0.1) is 6.92 Å². The zero-order valence-electron chi connectivity index (χ0n) is 13.1. The summed E-state index contributed by atoms with van der Waals surface area (Å²) in [5.74, 6) is 0.405. The van der Waals surface area contributed by atoms with Crippen molar-refractivity contribution in [1.82, 2.24) is 15.1 Å². The number of hydrogen-bond acceptors (Lipinski definition) is 4. The first kappa shape index (κ1) is 15.8. The molecule has 0 bridgehead atoms. The number of nitrogens with one attached hydrogen (secondary N) is 2.